The lowest BCUT2D eigenvalue weighted by Gasteiger charge is -1.98. The molecular formula is C8H9N3O. The first-order chi connectivity index (χ1) is 5.75. The van der Waals surface area contributed by atoms with Crippen LogP contribution in [0.1, 0.15) is 5.56 Å². The van der Waals surface area contributed by atoms with Crippen molar-refractivity contribution in [3.8, 4) is 0 Å². The zero-order chi connectivity index (χ0) is 8.97. The summed E-state index contributed by atoms with van der Waals surface area (Å²) in [6, 6.07) is 8.83. The van der Waals surface area contributed by atoms with E-state index in [-0.39, 0.29) is 5.71 Å². The zero-order valence-corrected chi connectivity index (χ0v) is 6.40. The van der Waals surface area contributed by atoms with Crippen LogP contribution in [0.4, 0.5) is 0 Å². The zero-order valence-electron chi connectivity index (χ0n) is 6.40. The van der Waals surface area contributed by atoms with E-state index in [1.807, 2.05) is 6.07 Å². The van der Waals surface area contributed by atoms with Gasteiger partial charge in [0, 0.05) is 5.56 Å². The number of amides is 1. The molecule has 62 valence electrons. The molecule has 0 heterocycles. The van der Waals surface area contributed by atoms with E-state index < -0.39 is 5.91 Å². The van der Waals surface area contributed by atoms with Crippen LogP contribution in [0, 0.1) is 0 Å². The summed E-state index contributed by atoms with van der Waals surface area (Å²) in [5, 5.41) is 3.30. The minimum atomic E-state index is -0.622. The van der Waals surface area contributed by atoms with Crippen molar-refractivity contribution < 1.29 is 4.79 Å². The number of benzene rings is 1. The minimum absolute atomic E-state index is 0.0931. The molecule has 0 spiro atoms. The molecule has 4 nitrogen and oxygen atoms in total. The first kappa shape index (κ1) is 8.26. The molecule has 1 amide bonds. The predicted octanol–water partition coefficient (Wildman–Crippen LogP) is -0.165. The molecule has 4 heteroatoms. The molecule has 0 aliphatic carbocycles. The maximum Gasteiger partial charge on any atom is 0.269 e. The Bertz CT molecular complexity index is 305. The molecule has 0 saturated carbocycles. The van der Waals surface area contributed by atoms with Gasteiger partial charge in [-0.1, -0.05) is 30.3 Å². The van der Waals surface area contributed by atoms with Gasteiger partial charge in [-0.25, -0.2) is 0 Å². The number of primary amides is 1. The number of carbonyl (C=O) groups excluding carboxylic acids is 1. The SMILES string of the molecule is NN=C(C(N)=O)c1ccccc1. The van der Waals surface area contributed by atoms with Crippen molar-refractivity contribution in [2.24, 2.45) is 16.7 Å². The lowest BCUT2D eigenvalue weighted by atomic mass is 10.1. The highest BCUT2D eigenvalue weighted by atomic mass is 16.1. The van der Waals surface area contributed by atoms with Gasteiger partial charge in [0.25, 0.3) is 5.91 Å². The molecule has 0 aromatic heterocycles. The van der Waals surface area contributed by atoms with Crippen LogP contribution in [-0.2, 0) is 4.79 Å². The average Bonchev–Trinajstić information content (AvgIpc) is 2.07. The fraction of sp³-hybridized carbons (Fsp3) is 0. The topological polar surface area (TPSA) is 81.5 Å². The van der Waals surface area contributed by atoms with Crippen LogP contribution < -0.4 is 11.6 Å². The highest BCUT2D eigenvalue weighted by Crippen LogP contribution is 1.99. The number of hydrazone groups is 1. The fourth-order valence-corrected chi connectivity index (χ4v) is 0.876. The van der Waals surface area contributed by atoms with Crippen LogP contribution >= 0.6 is 0 Å². The summed E-state index contributed by atoms with van der Waals surface area (Å²) in [7, 11) is 0. The molecule has 0 fully saturated rings. The Morgan fingerprint density at radius 1 is 1.25 bits per heavy atom. The third-order valence-electron chi connectivity index (χ3n) is 1.41. The molecule has 0 unspecified atom stereocenters. The van der Waals surface area contributed by atoms with Crippen molar-refractivity contribution in [1.82, 2.24) is 0 Å². The number of hydrogen-bond donors (Lipinski definition) is 2. The normalized spacial score (nSPS) is 11.2. The van der Waals surface area contributed by atoms with Crippen molar-refractivity contribution in [3.05, 3.63) is 35.9 Å². The molecule has 0 atom stereocenters. The van der Waals surface area contributed by atoms with E-state index in [1.165, 1.54) is 0 Å². The summed E-state index contributed by atoms with van der Waals surface area (Å²) in [4.78, 5) is 10.7. The number of rotatable bonds is 2. The summed E-state index contributed by atoms with van der Waals surface area (Å²) in [6.07, 6.45) is 0. The summed E-state index contributed by atoms with van der Waals surface area (Å²) >= 11 is 0. The van der Waals surface area contributed by atoms with Crippen molar-refractivity contribution in [1.29, 1.82) is 0 Å². The molecule has 0 saturated heterocycles. The maximum absolute atomic E-state index is 10.7. The van der Waals surface area contributed by atoms with E-state index in [4.69, 9.17) is 11.6 Å². The van der Waals surface area contributed by atoms with Crippen LogP contribution in [0.25, 0.3) is 0 Å². The first-order valence-electron chi connectivity index (χ1n) is 3.39. The van der Waals surface area contributed by atoms with Crippen molar-refractivity contribution in [2.45, 2.75) is 0 Å². The van der Waals surface area contributed by atoms with Crippen molar-refractivity contribution in [3.63, 3.8) is 0 Å². The Morgan fingerprint density at radius 2 is 1.83 bits per heavy atom. The van der Waals surface area contributed by atoms with E-state index in [9.17, 15) is 4.79 Å². The smallest absolute Gasteiger partial charge is 0.269 e. The first-order valence-corrected chi connectivity index (χ1v) is 3.39. The maximum atomic E-state index is 10.7. The molecule has 4 N–H and O–H groups in total. The van der Waals surface area contributed by atoms with Gasteiger partial charge in [-0.15, -0.1) is 0 Å². The van der Waals surface area contributed by atoms with Crippen molar-refractivity contribution in [2.75, 3.05) is 0 Å². The predicted molar refractivity (Wildman–Crippen MR) is 46.4 cm³/mol. The second-order valence-corrected chi connectivity index (χ2v) is 2.21. The van der Waals surface area contributed by atoms with Crippen LogP contribution in [-0.4, -0.2) is 11.6 Å². The third-order valence-corrected chi connectivity index (χ3v) is 1.41. The van der Waals surface area contributed by atoms with Crippen LogP contribution in [0.3, 0.4) is 0 Å². The molecule has 0 radical (unpaired) electrons. The molecule has 1 rings (SSSR count). The number of carbonyl (C=O) groups is 1. The molecule has 0 aliphatic rings. The van der Waals surface area contributed by atoms with Gasteiger partial charge in [-0.05, 0) is 0 Å². The summed E-state index contributed by atoms with van der Waals surface area (Å²) in [6.45, 7) is 0. The van der Waals surface area contributed by atoms with Crippen molar-refractivity contribution >= 4 is 11.6 Å². The van der Waals surface area contributed by atoms with Gasteiger partial charge in [0.2, 0.25) is 0 Å². The highest BCUT2D eigenvalue weighted by Gasteiger charge is 2.07. The van der Waals surface area contributed by atoms with E-state index in [0.29, 0.717) is 5.56 Å². The number of hydrogen-bond acceptors (Lipinski definition) is 3. The summed E-state index contributed by atoms with van der Waals surface area (Å²) in [5.74, 6) is 4.37. The Balaban J connectivity index is 3.05. The van der Waals surface area contributed by atoms with E-state index in [0.717, 1.165) is 0 Å². The Labute approximate surface area is 69.9 Å². The Kier molecular flexibility index (Phi) is 2.42. The summed E-state index contributed by atoms with van der Waals surface area (Å²) < 4.78 is 0. The van der Waals surface area contributed by atoms with E-state index >= 15 is 0 Å². The second kappa shape index (κ2) is 3.52. The van der Waals surface area contributed by atoms with Gasteiger partial charge < -0.3 is 11.6 Å². The molecule has 1 aromatic carbocycles. The molecule has 0 bridgehead atoms. The van der Waals surface area contributed by atoms with Gasteiger partial charge in [0.1, 0.15) is 0 Å². The largest absolute Gasteiger partial charge is 0.364 e. The minimum Gasteiger partial charge on any atom is -0.364 e. The van der Waals surface area contributed by atoms with Gasteiger partial charge in [-0.3, -0.25) is 4.79 Å². The Hall–Kier alpha value is -1.84. The van der Waals surface area contributed by atoms with Gasteiger partial charge >= 0.3 is 0 Å². The van der Waals surface area contributed by atoms with Gasteiger partial charge in [-0.2, -0.15) is 5.10 Å². The second-order valence-electron chi connectivity index (χ2n) is 2.21. The lowest BCUT2D eigenvalue weighted by Crippen LogP contribution is -2.25. The Morgan fingerprint density at radius 3 is 2.25 bits per heavy atom. The number of nitrogens with zero attached hydrogens (tertiary/aromatic N) is 1. The summed E-state index contributed by atoms with van der Waals surface area (Å²) in [5.41, 5.74) is 5.75. The van der Waals surface area contributed by atoms with Gasteiger partial charge in [0.05, 0.1) is 0 Å². The molecule has 0 aliphatic heterocycles. The van der Waals surface area contributed by atoms with Crippen LogP contribution in [0.5, 0.6) is 0 Å². The third kappa shape index (κ3) is 1.60. The quantitative estimate of drug-likeness (QED) is 0.360. The van der Waals surface area contributed by atoms with E-state index in [2.05, 4.69) is 5.10 Å². The molecule has 12 heavy (non-hydrogen) atoms. The monoisotopic (exact) mass is 163 g/mol. The van der Waals surface area contributed by atoms with Crippen LogP contribution in [0.15, 0.2) is 35.4 Å². The van der Waals surface area contributed by atoms with E-state index in [1.54, 1.807) is 24.3 Å². The standard InChI is InChI=1S/C8H9N3O/c9-8(12)7(11-10)6-4-2-1-3-5-6/h1-5H,10H2,(H2,9,12). The highest BCUT2D eigenvalue weighted by molar-refractivity contribution is 6.44. The van der Waals surface area contributed by atoms with Gasteiger partial charge in [0.15, 0.2) is 5.71 Å². The number of nitrogens with two attached hydrogens (primary N) is 2. The molecule has 1 aromatic rings. The van der Waals surface area contributed by atoms with Crippen LogP contribution in [0.2, 0.25) is 0 Å². The molecular weight excluding hydrogens is 154 g/mol. The fourth-order valence-electron chi connectivity index (χ4n) is 0.876. The average molecular weight is 163 g/mol. The lowest BCUT2D eigenvalue weighted by molar-refractivity contribution is -0.111.